The van der Waals surface area contributed by atoms with Gasteiger partial charge >= 0.3 is 5.97 Å². The monoisotopic (exact) mass is 367 g/mol. The largest absolute Gasteiger partial charge is 0.493 e. The molecule has 6 heteroatoms. The summed E-state index contributed by atoms with van der Waals surface area (Å²) < 4.78 is 17.9. The van der Waals surface area contributed by atoms with Gasteiger partial charge in [0, 0.05) is 12.7 Å². The third-order valence-electron chi connectivity index (χ3n) is 3.38. The quantitative estimate of drug-likeness (QED) is 0.735. The third-order valence-corrected chi connectivity index (χ3v) is 4.02. The van der Waals surface area contributed by atoms with E-state index in [9.17, 15) is 4.79 Å². The molecule has 0 bridgehead atoms. The minimum atomic E-state index is -0.357. The number of carbonyl (C=O) groups is 1. The molecule has 0 atom stereocenters. The Morgan fingerprint density at radius 1 is 1.14 bits per heavy atom. The third kappa shape index (κ3) is 3.44. The van der Waals surface area contributed by atoms with Gasteiger partial charge in [-0.05, 0) is 46.1 Å². The van der Waals surface area contributed by atoms with E-state index in [1.165, 1.54) is 7.11 Å². The van der Waals surface area contributed by atoms with Gasteiger partial charge in [0.2, 0.25) is 0 Å². The van der Waals surface area contributed by atoms with E-state index in [1.54, 1.807) is 14.2 Å². The molecule has 0 radical (unpaired) electrons. The van der Waals surface area contributed by atoms with Crippen LogP contribution in [-0.4, -0.2) is 31.9 Å². The minimum absolute atomic E-state index is 0.357. The van der Waals surface area contributed by atoms with E-state index in [1.807, 2.05) is 35.0 Å². The molecule has 22 heavy (non-hydrogen) atoms. The number of nitrogens with zero attached hydrogens (tertiary/aromatic N) is 1. The van der Waals surface area contributed by atoms with Crippen molar-refractivity contribution >= 4 is 21.9 Å². The van der Waals surface area contributed by atoms with Crippen molar-refractivity contribution in [2.24, 2.45) is 0 Å². The zero-order valence-corrected chi connectivity index (χ0v) is 14.3. The van der Waals surface area contributed by atoms with Gasteiger partial charge in [-0.2, -0.15) is 0 Å². The van der Waals surface area contributed by atoms with E-state index in [-0.39, 0.29) is 5.97 Å². The highest BCUT2D eigenvalue weighted by Gasteiger charge is 2.16. The Bertz CT molecular complexity index is 666. The maximum atomic E-state index is 11.8. The average Bonchev–Trinajstić information content (AvgIpc) is 2.92. The summed E-state index contributed by atoms with van der Waals surface area (Å²) in [5.41, 5.74) is 1.61. The second-order valence-corrected chi connectivity index (χ2v) is 5.49. The number of hydrogen-bond acceptors (Lipinski definition) is 4. The SMILES string of the molecule is COC(=O)c1c(Br)ccn1CCc1ccc(OC)c(OC)c1. The van der Waals surface area contributed by atoms with Crippen LogP contribution >= 0.6 is 15.9 Å². The van der Waals surface area contributed by atoms with Crippen molar-refractivity contribution in [1.82, 2.24) is 4.57 Å². The van der Waals surface area contributed by atoms with Crippen LogP contribution in [0.2, 0.25) is 0 Å². The van der Waals surface area contributed by atoms with Crippen LogP contribution in [0, 0.1) is 0 Å². The molecule has 0 fully saturated rings. The van der Waals surface area contributed by atoms with Crippen LogP contribution < -0.4 is 9.47 Å². The minimum Gasteiger partial charge on any atom is -0.493 e. The van der Waals surface area contributed by atoms with E-state index >= 15 is 0 Å². The first-order chi connectivity index (χ1) is 10.6. The Labute approximate surface area is 137 Å². The standard InChI is InChI=1S/C16H18BrNO4/c1-20-13-5-4-11(10-14(13)21-2)6-8-18-9-7-12(17)15(18)16(19)22-3/h4-5,7,9-10H,6,8H2,1-3H3. The molecule has 0 aliphatic heterocycles. The molecule has 118 valence electrons. The van der Waals surface area contributed by atoms with Gasteiger partial charge in [-0.3, -0.25) is 0 Å². The maximum Gasteiger partial charge on any atom is 0.355 e. The second kappa shape index (κ2) is 7.35. The van der Waals surface area contributed by atoms with Crippen LogP contribution in [0.5, 0.6) is 11.5 Å². The summed E-state index contributed by atoms with van der Waals surface area (Å²) in [7, 11) is 4.60. The fourth-order valence-corrected chi connectivity index (χ4v) is 2.74. The lowest BCUT2D eigenvalue weighted by molar-refractivity contribution is 0.0587. The van der Waals surface area contributed by atoms with Gasteiger partial charge in [0.15, 0.2) is 11.5 Å². The van der Waals surface area contributed by atoms with Crippen LogP contribution in [0.4, 0.5) is 0 Å². The molecular formula is C16H18BrNO4. The summed E-state index contributed by atoms with van der Waals surface area (Å²) in [6, 6.07) is 7.63. The number of benzene rings is 1. The van der Waals surface area contributed by atoms with Crippen LogP contribution in [0.15, 0.2) is 34.9 Å². The van der Waals surface area contributed by atoms with Crippen molar-refractivity contribution in [3.05, 3.63) is 46.2 Å². The number of ether oxygens (including phenoxy) is 3. The molecule has 5 nitrogen and oxygen atoms in total. The molecule has 0 saturated heterocycles. The van der Waals surface area contributed by atoms with E-state index in [4.69, 9.17) is 14.2 Å². The van der Waals surface area contributed by atoms with Gasteiger partial charge in [-0.1, -0.05) is 6.07 Å². The molecular weight excluding hydrogens is 350 g/mol. The number of methoxy groups -OCH3 is 3. The first-order valence-corrected chi connectivity index (χ1v) is 7.53. The van der Waals surface area contributed by atoms with Crippen LogP contribution in [-0.2, 0) is 17.7 Å². The number of hydrogen-bond donors (Lipinski definition) is 0. The summed E-state index contributed by atoms with van der Waals surface area (Å²) >= 11 is 3.37. The molecule has 0 aliphatic carbocycles. The van der Waals surface area contributed by atoms with E-state index in [0.29, 0.717) is 23.7 Å². The van der Waals surface area contributed by atoms with Gasteiger partial charge in [0.25, 0.3) is 0 Å². The normalized spacial score (nSPS) is 10.4. The lowest BCUT2D eigenvalue weighted by Gasteiger charge is -2.11. The van der Waals surface area contributed by atoms with E-state index < -0.39 is 0 Å². The molecule has 2 aromatic rings. The number of esters is 1. The van der Waals surface area contributed by atoms with Gasteiger partial charge in [0.05, 0.1) is 25.8 Å². The highest BCUT2D eigenvalue weighted by molar-refractivity contribution is 9.10. The molecule has 0 amide bonds. The average molecular weight is 368 g/mol. The molecule has 0 aliphatic rings. The summed E-state index contributed by atoms with van der Waals surface area (Å²) in [6.07, 6.45) is 2.61. The Morgan fingerprint density at radius 3 is 2.50 bits per heavy atom. The number of rotatable bonds is 6. The predicted octanol–water partition coefficient (Wildman–Crippen LogP) is 3.30. The molecule has 0 saturated carbocycles. The van der Waals surface area contributed by atoms with Crippen molar-refractivity contribution in [1.29, 1.82) is 0 Å². The highest BCUT2D eigenvalue weighted by Crippen LogP contribution is 2.28. The molecule has 0 N–H and O–H groups in total. The zero-order chi connectivity index (χ0) is 16.1. The Kier molecular flexibility index (Phi) is 5.49. The maximum absolute atomic E-state index is 11.8. The summed E-state index contributed by atoms with van der Waals surface area (Å²) in [6.45, 7) is 0.658. The van der Waals surface area contributed by atoms with Crippen molar-refractivity contribution in [2.45, 2.75) is 13.0 Å². The Balaban J connectivity index is 2.15. The lowest BCUT2D eigenvalue weighted by atomic mass is 10.1. The van der Waals surface area contributed by atoms with Crippen LogP contribution in [0.25, 0.3) is 0 Å². The molecule has 1 aromatic heterocycles. The number of aromatic nitrogens is 1. The summed E-state index contributed by atoms with van der Waals surface area (Å²) in [4.78, 5) is 11.8. The summed E-state index contributed by atoms with van der Waals surface area (Å²) in [5, 5.41) is 0. The number of aryl methyl sites for hydroxylation is 2. The molecule has 0 unspecified atom stereocenters. The topological polar surface area (TPSA) is 49.7 Å². The molecule has 2 rings (SSSR count). The van der Waals surface area contributed by atoms with Crippen LogP contribution in [0.1, 0.15) is 16.1 Å². The molecule has 0 spiro atoms. The predicted molar refractivity (Wildman–Crippen MR) is 86.7 cm³/mol. The first kappa shape index (κ1) is 16.4. The highest BCUT2D eigenvalue weighted by atomic mass is 79.9. The summed E-state index contributed by atoms with van der Waals surface area (Å²) in [5.74, 6) is 1.04. The number of halogens is 1. The van der Waals surface area contributed by atoms with Gasteiger partial charge in [0.1, 0.15) is 5.69 Å². The Morgan fingerprint density at radius 2 is 1.86 bits per heavy atom. The van der Waals surface area contributed by atoms with Gasteiger partial charge in [-0.15, -0.1) is 0 Å². The fourth-order valence-electron chi connectivity index (χ4n) is 2.23. The lowest BCUT2D eigenvalue weighted by Crippen LogP contribution is -2.12. The van der Waals surface area contributed by atoms with Crippen LogP contribution in [0.3, 0.4) is 0 Å². The van der Waals surface area contributed by atoms with Crippen molar-refractivity contribution in [3.63, 3.8) is 0 Å². The van der Waals surface area contributed by atoms with Gasteiger partial charge < -0.3 is 18.8 Å². The fraction of sp³-hybridized carbons (Fsp3) is 0.312. The van der Waals surface area contributed by atoms with E-state index in [0.717, 1.165) is 16.5 Å². The van der Waals surface area contributed by atoms with E-state index in [2.05, 4.69) is 15.9 Å². The smallest absolute Gasteiger partial charge is 0.355 e. The van der Waals surface area contributed by atoms with Gasteiger partial charge in [-0.25, -0.2) is 4.79 Å². The van der Waals surface area contributed by atoms with Crippen molar-refractivity contribution in [2.75, 3.05) is 21.3 Å². The van der Waals surface area contributed by atoms with Crippen molar-refractivity contribution in [3.8, 4) is 11.5 Å². The Hall–Kier alpha value is -1.95. The zero-order valence-electron chi connectivity index (χ0n) is 12.8. The van der Waals surface area contributed by atoms with Crippen molar-refractivity contribution < 1.29 is 19.0 Å². The second-order valence-electron chi connectivity index (χ2n) is 4.64. The number of carbonyl (C=O) groups excluding carboxylic acids is 1. The molecule has 1 aromatic carbocycles. The first-order valence-electron chi connectivity index (χ1n) is 6.74. The molecule has 1 heterocycles.